The molecular formula is C18H20N2O5. The lowest BCUT2D eigenvalue weighted by molar-refractivity contribution is -0.145. The third-order valence-corrected chi connectivity index (χ3v) is 4.19. The van der Waals surface area contributed by atoms with Crippen LogP contribution in [0, 0.1) is 6.92 Å². The second-order valence-corrected chi connectivity index (χ2v) is 5.98. The molecule has 0 aliphatic carbocycles. The molecule has 0 bridgehead atoms. The minimum atomic E-state index is -0.947. The lowest BCUT2D eigenvalue weighted by atomic mass is 10.1. The molecule has 1 aromatic carbocycles. The van der Waals surface area contributed by atoms with E-state index in [-0.39, 0.29) is 25.4 Å². The van der Waals surface area contributed by atoms with Crippen LogP contribution in [0.1, 0.15) is 17.9 Å². The highest BCUT2D eigenvalue weighted by Crippen LogP contribution is 2.22. The van der Waals surface area contributed by atoms with Crippen LogP contribution in [-0.2, 0) is 20.7 Å². The number of hydrogen-bond acceptors (Lipinski definition) is 5. The van der Waals surface area contributed by atoms with Gasteiger partial charge in [0.1, 0.15) is 5.76 Å². The molecule has 0 saturated carbocycles. The van der Waals surface area contributed by atoms with E-state index in [1.807, 2.05) is 30.3 Å². The number of ether oxygens (including phenoxy) is 1. The standard InChI is InChI=1S/C18H20N2O5/c1-12-15(19-18(25-12)13-5-3-2-4-6-13)10-16(21)20-7-8-24-11-14(20)9-17(22)23/h2-6,14H,7-11H2,1H3,(H,22,23)/t14-/m0/s1. The molecule has 1 amide bonds. The smallest absolute Gasteiger partial charge is 0.305 e. The molecule has 2 heterocycles. The summed E-state index contributed by atoms with van der Waals surface area (Å²) in [6.07, 6.45) is -0.0446. The van der Waals surface area contributed by atoms with Gasteiger partial charge in [-0.25, -0.2) is 4.98 Å². The van der Waals surface area contributed by atoms with Gasteiger partial charge in [-0.1, -0.05) is 18.2 Å². The normalized spacial score (nSPS) is 17.5. The molecule has 1 saturated heterocycles. The fourth-order valence-corrected chi connectivity index (χ4v) is 2.89. The predicted octanol–water partition coefficient (Wildman–Crippen LogP) is 1.89. The van der Waals surface area contributed by atoms with Gasteiger partial charge in [-0.15, -0.1) is 0 Å². The zero-order valence-corrected chi connectivity index (χ0v) is 14.0. The van der Waals surface area contributed by atoms with Gasteiger partial charge in [-0.3, -0.25) is 9.59 Å². The lowest BCUT2D eigenvalue weighted by Crippen LogP contribution is -2.50. The number of amides is 1. The molecule has 1 fully saturated rings. The number of nitrogens with zero attached hydrogens (tertiary/aromatic N) is 2. The number of aryl methyl sites for hydroxylation is 1. The van der Waals surface area contributed by atoms with Gasteiger partial charge in [0.15, 0.2) is 0 Å². The molecule has 1 atom stereocenters. The van der Waals surface area contributed by atoms with E-state index in [4.69, 9.17) is 14.3 Å². The maximum atomic E-state index is 12.7. The number of benzene rings is 1. The molecule has 1 N–H and O–H groups in total. The van der Waals surface area contributed by atoms with Crippen molar-refractivity contribution in [1.82, 2.24) is 9.88 Å². The average Bonchev–Trinajstić information content (AvgIpc) is 2.96. The molecule has 25 heavy (non-hydrogen) atoms. The summed E-state index contributed by atoms with van der Waals surface area (Å²) < 4.78 is 11.0. The van der Waals surface area contributed by atoms with Gasteiger partial charge in [-0.2, -0.15) is 0 Å². The van der Waals surface area contributed by atoms with E-state index in [1.165, 1.54) is 0 Å². The summed E-state index contributed by atoms with van der Waals surface area (Å²) in [7, 11) is 0. The van der Waals surface area contributed by atoms with Crippen molar-refractivity contribution in [3.8, 4) is 11.5 Å². The van der Waals surface area contributed by atoms with Gasteiger partial charge in [0.25, 0.3) is 0 Å². The first-order chi connectivity index (χ1) is 12.0. The minimum Gasteiger partial charge on any atom is -0.481 e. The highest BCUT2D eigenvalue weighted by atomic mass is 16.5. The van der Waals surface area contributed by atoms with E-state index < -0.39 is 12.0 Å². The topological polar surface area (TPSA) is 92.9 Å². The third kappa shape index (κ3) is 4.06. The van der Waals surface area contributed by atoms with Crippen LogP contribution in [0.3, 0.4) is 0 Å². The van der Waals surface area contributed by atoms with Crippen LogP contribution in [0.5, 0.6) is 0 Å². The Balaban J connectivity index is 1.74. The van der Waals surface area contributed by atoms with Gasteiger partial charge < -0.3 is 19.2 Å². The lowest BCUT2D eigenvalue weighted by Gasteiger charge is -2.34. The van der Waals surface area contributed by atoms with Crippen LogP contribution in [0.2, 0.25) is 0 Å². The van der Waals surface area contributed by atoms with E-state index in [1.54, 1.807) is 11.8 Å². The molecule has 7 heteroatoms. The zero-order valence-electron chi connectivity index (χ0n) is 14.0. The van der Waals surface area contributed by atoms with Crippen molar-refractivity contribution in [2.75, 3.05) is 19.8 Å². The summed E-state index contributed by atoms with van der Waals surface area (Å²) in [4.78, 5) is 29.7. The number of carboxylic acid groups (broad SMARTS) is 1. The van der Waals surface area contributed by atoms with Crippen LogP contribution >= 0.6 is 0 Å². The first-order valence-corrected chi connectivity index (χ1v) is 8.15. The maximum absolute atomic E-state index is 12.7. The van der Waals surface area contributed by atoms with Crippen molar-refractivity contribution in [2.24, 2.45) is 0 Å². The average molecular weight is 344 g/mol. The number of aliphatic carboxylic acids is 1. The second kappa shape index (κ2) is 7.48. The van der Waals surface area contributed by atoms with E-state index in [0.717, 1.165) is 5.56 Å². The second-order valence-electron chi connectivity index (χ2n) is 5.98. The molecule has 0 radical (unpaired) electrons. The Labute approximate surface area is 145 Å². The van der Waals surface area contributed by atoms with Crippen molar-refractivity contribution in [2.45, 2.75) is 25.8 Å². The zero-order chi connectivity index (χ0) is 17.8. The number of carboxylic acids is 1. The minimum absolute atomic E-state index is 0.0816. The number of aromatic nitrogens is 1. The van der Waals surface area contributed by atoms with Crippen molar-refractivity contribution in [3.05, 3.63) is 41.8 Å². The van der Waals surface area contributed by atoms with Gasteiger partial charge in [0.05, 0.1) is 37.8 Å². The highest BCUT2D eigenvalue weighted by Gasteiger charge is 2.30. The quantitative estimate of drug-likeness (QED) is 0.890. The molecule has 3 rings (SSSR count). The molecule has 1 aliphatic heterocycles. The molecule has 7 nitrogen and oxygen atoms in total. The van der Waals surface area contributed by atoms with Crippen LogP contribution in [0.4, 0.5) is 0 Å². The monoisotopic (exact) mass is 344 g/mol. The van der Waals surface area contributed by atoms with E-state index in [0.29, 0.717) is 30.5 Å². The SMILES string of the molecule is Cc1oc(-c2ccccc2)nc1CC(=O)N1CCOC[C@@H]1CC(=O)O. The van der Waals surface area contributed by atoms with E-state index in [2.05, 4.69) is 4.98 Å². The third-order valence-electron chi connectivity index (χ3n) is 4.19. The molecule has 1 aromatic heterocycles. The number of hydrogen-bond donors (Lipinski definition) is 1. The van der Waals surface area contributed by atoms with E-state index >= 15 is 0 Å². The molecule has 2 aromatic rings. The van der Waals surface area contributed by atoms with Gasteiger partial charge in [0, 0.05) is 12.1 Å². The van der Waals surface area contributed by atoms with Gasteiger partial charge >= 0.3 is 5.97 Å². The Kier molecular flexibility index (Phi) is 5.14. The Morgan fingerprint density at radius 2 is 2.08 bits per heavy atom. The Morgan fingerprint density at radius 1 is 1.32 bits per heavy atom. The Hall–Kier alpha value is -2.67. The summed E-state index contributed by atoms with van der Waals surface area (Å²) in [5.74, 6) is -0.0388. The summed E-state index contributed by atoms with van der Waals surface area (Å²) in [5.41, 5.74) is 1.42. The number of carbonyl (C=O) groups is 2. The number of rotatable bonds is 5. The summed E-state index contributed by atoms with van der Waals surface area (Å²) in [6.45, 7) is 2.81. The molecule has 0 unspecified atom stereocenters. The number of morpholine rings is 1. The van der Waals surface area contributed by atoms with Crippen LogP contribution in [-0.4, -0.2) is 52.7 Å². The predicted molar refractivity (Wildman–Crippen MR) is 89.0 cm³/mol. The van der Waals surface area contributed by atoms with Crippen molar-refractivity contribution >= 4 is 11.9 Å². The first-order valence-electron chi connectivity index (χ1n) is 8.15. The van der Waals surface area contributed by atoms with Crippen LogP contribution < -0.4 is 0 Å². The van der Waals surface area contributed by atoms with Gasteiger partial charge in [0.2, 0.25) is 11.8 Å². The number of carbonyl (C=O) groups excluding carboxylic acids is 1. The molecule has 1 aliphatic rings. The largest absolute Gasteiger partial charge is 0.481 e. The summed E-state index contributed by atoms with van der Waals surface area (Å²) in [5, 5.41) is 9.01. The Bertz CT molecular complexity index is 756. The number of oxazole rings is 1. The highest BCUT2D eigenvalue weighted by molar-refractivity contribution is 5.80. The Morgan fingerprint density at radius 3 is 2.80 bits per heavy atom. The van der Waals surface area contributed by atoms with Crippen molar-refractivity contribution < 1.29 is 23.8 Å². The van der Waals surface area contributed by atoms with Crippen molar-refractivity contribution in [1.29, 1.82) is 0 Å². The maximum Gasteiger partial charge on any atom is 0.305 e. The van der Waals surface area contributed by atoms with Crippen molar-refractivity contribution in [3.63, 3.8) is 0 Å². The summed E-state index contributed by atoms with van der Waals surface area (Å²) >= 11 is 0. The fraction of sp³-hybridized carbons (Fsp3) is 0.389. The van der Waals surface area contributed by atoms with Gasteiger partial charge in [-0.05, 0) is 19.1 Å². The first kappa shape index (κ1) is 17.2. The van der Waals surface area contributed by atoms with Crippen LogP contribution in [0.25, 0.3) is 11.5 Å². The molecule has 0 spiro atoms. The van der Waals surface area contributed by atoms with E-state index in [9.17, 15) is 9.59 Å². The molecule has 132 valence electrons. The fourth-order valence-electron chi connectivity index (χ4n) is 2.89. The summed E-state index contributed by atoms with van der Waals surface area (Å²) in [6, 6.07) is 9.03. The molecular weight excluding hydrogens is 324 g/mol. The van der Waals surface area contributed by atoms with Crippen LogP contribution in [0.15, 0.2) is 34.7 Å².